The van der Waals surface area contributed by atoms with Crippen molar-refractivity contribution in [1.82, 2.24) is 0 Å². The van der Waals surface area contributed by atoms with Crippen LogP contribution in [0, 0.1) is 0 Å². The number of esters is 1. The zero-order chi connectivity index (χ0) is 15.1. The topological polar surface area (TPSA) is 64.6 Å². The van der Waals surface area contributed by atoms with Crippen LogP contribution in [0.5, 0.6) is 5.75 Å². The van der Waals surface area contributed by atoms with Crippen LogP contribution in [0.15, 0.2) is 18.2 Å². The van der Waals surface area contributed by atoms with Crippen LogP contribution in [-0.2, 0) is 20.7 Å². The molecule has 0 saturated heterocycles. The van der Waals surface area contributed by atoms with E-state index < -0.39 is 0 Å². The minimum atomic E-state index is -0.155. The SMILES string of the molecule is CCOC(=O)CCCCOc1cccc2c1CCC(=O)N2. The molecule has 0 atom stereocenters. The molecule has 5 nitrogen and oxygen atoms in total. The largest absolute Gasteiger partial charge is 0.493 e. The van der Waals surface area contributed by atoms with Gasteiger partial charge in [0.15, 0.2) is 0 Å². The quantitative estimate of drug-likeness (QED) is 0.619. The molecular weight excluding hydrogens is 270 g/mol. The second-order valence-corrected chi connectivity index (χ2v) is 4.94. The van der Waals surface area contributed by atoms with Gasteiger partial charge in [-0.1, -0.05) is 6.07 Å². The third kappa shape index (κ3) is 4.48. The van der Waals surface area contributed by atoms with Crippen LogP contribution in [0.2, 0.25) is 0 Å². The number of unbranched alkanes of at least 4 members (excludes halogenated alkanes) is 1. The first-order valence-corrected chi connectivity index (χ1v) is 7.41. The van der Waals surface area contributed by atoms with E-state index >= 15 is 0 Å². The van der Waals surface area contributed by atoms with Crippen LogP contribution in [-0.4, -0.2) is 25.1 Å². The fraction of sp³-hybridized carbons (Fsp3) is 0.500. The van der Waals surface area contributed by atoms with Crippen LogP contribution in [0.1, 0.15) is 38.2 Å². The Labute approximate surface area is 124 Å². The van der Waals surface area contributed by atoms with Gasteiger partial charge in [0.1, 0.15) is 5.75 Å². The molecule has 1 aliphatic heterocycles. The van der Waals surface area contributed by atoms with Gasteiger partial charge in [0.25, 0.3) is 0 Å². The Morgan fingerprint density at radius 3 is 2.95 bits per heavy atom. The highest BCUT2D eigenvalue weighted by molar-refractivity contribution is 5.94. The van der Waals surface area contributed by atoms with Crippen LogP contribution in [0.4, 0.5) is 5.69 Å². The van der Waals surface area contributed by atoms with E-state index in [2.05, 4.69) is 5.32 Å². The highest BCUT2D eigenvalue weighted by atomic mass is 16.5. The van der Waals surface area contributed by atoms with Gasteiger partial charge in [-0.2, -0.15) is 0 Å². The minimum Gasteiger partial charge on any atom is -0.493 e. The minimum absolute atomic E-state index is 0.0501. The second-order valence-electron chi connectivity index (χ2n) is 4.94. The van der Waals surface area contributed by atoms with E-state index in [0.29, 0.717) is 32.5 Å². The van der Waals surface area contributed by atoms with Crippen LogP contribution < -0.4 is 10.1 Å². The van der Waals surface area contributed by atoms with Gasteiger partial charge >= 0.3 is 5.97 Å². The predicted octanol–water partition coefficient (Wildman–Crippen LogP) is 2.68. The molecule has 1 N–H and O–H groups in total. The number of carbonyl (C=O) groups is 2. The monoisotopic (exact) mass is 291 g/mol. The molecule has 21 heavy (non-hydrogen) atoms. The highest BCUT2D eigenvalue weighted by Gasteiger charge is 2.18. The Hall–Kier alpha value is -2.04. The van der Waals surface area contributed by atoms with Gasteiger partial charge in [0.05, 0.1) is 13.2 Å². The Bertz CT molecular complexity index is 513. The Balaban J connectivity index is 1.78. The van der Waals surface area contributed by atoms with Crippen molar-refractivity contribution in [3.05, 3.63) is 23.8 Å². The number of nitrogens with one attached hydrogen (secondary N) is 1. The first kappa shape index (κ1) is 15.4. The molecule has 1 aliphatic rings. The van der Waals surface area contributed by atoms with Crippen molar-refractivity contribution in [1.29, 1.82) is 0 Å². The zero-order valence-corrected chi connectivity index (χ0v) is 12.3. The maximum Gasteiger partial charge on any atom is 0.305 e. The van der Waals surface area contributed by atoms with Crippen molar-refractivity contribution in [2.45, 2.75) is 39.0 Å². The number of anilines is 1. The van der Waals surface area contributed by atoms with E-state index in [4.69, 9.17) is 9.47 Å². The molecule has 0 saturated carbocycles. The van der Waals surface area contributed by atoms with E-state index in [-0.39, 0.29) is 11.9 Å². The first-order valence-electron chi connectivity index (χ1n) is 7.41. The Morgan fingerprint density at radius 1 is 1.29 bits per heavy atom. The van der Waals surface area contributed by atoms with Crippen LogP contribution in [0.3, 0.4) is 0 Å². The molecular formula is C16H21NO4. The van der Waals surface area contributed by atoms with E-state index in [1.54, 1.807) is 6.92 Å². The molecule has 0 unspecified atom stereocenters. The molecule has 0 radical (unpaired) electrons. The number of hydrogen-bond acceptors (Lipinski definition) is 4. The lowest BCUT2D eigenvalue weighted by Crippen LogP contribution is -2.19. The maximum absolute atomic E-state index is 11.4. The summed E-state index contributed by atoms with van der Waals surface area (Å²) in [5.74, 6) is 0.718. The second kappa shape index (κ2) is 7.67. The number of hydrogen-bond donors (Lipinski definition) is 1. The maximum atomic E-state index is 11.4. The average Bonchev–Trinajstić information content (AvgIpc) is 2.47. The molecule has 5 heteroatoms. The van der Waals surface area contributed by atoms with Crippen molar-refractivity contribution in [2.75, 3.05) is 18.5 Å². The summed E-state index contributed by atoms with van der Waals surface area (Å²) in [7, 11) is 0. The molecule has 0 spiro atoms. The normalized spacial score (nSPS) is 13.3. The molecule has 1 heterocycles. The number of amides is 1. The third-order valence-electron chi connectivity index (χ3n) is 3.35. The molecule has 114 valence electrons. The predicted molar refractivity (Wildman–Crippen MR) is 79.4 cm³/mol. The summed E-state index contributed by atoms with van der Waals surface area (Å²) in [6.07, 6.45) is 3.19. The van der Waals surface area contributed by atoms with Crippen molar-refractivity contribution in [3.63, 3.8) is 0 Å². The summed E-state index contributed by atoms with van der Waals surface area (Å²) in [5, 5.41) is 2.85. The van der Waals surface area contributed by atoms with Gasteiger partial charge in [-0.05, 0) is 38.3 Å². The van der Waals surface area contributed by atoms with Gasteiger partial charge < -0.3 is 14.8 Å². The summed E-state index contributed by atoms with van der Waals surface area (Å²) >= 11 is 0. The molecule has 0 bridgehead atoms. The standard InChI is InChI=1S/C16H21NO4/c1-2-20-16(19)8-3-4-11-21-14-7-5-6-13-12(14)9-10-15(18)17-13/h5-7H,2-4,8-11H2,1H3,(H,17,18). The number of carbonyl (C=O) groups excluding carboxylic acids is 2. The number of fused-ring (bicyclic) bond motifs is 1. The van der Waals surface area contributed by atoms with E-state index in [0.717, 1.165) is 29.8 Å². The smallest absolute Gasteiger partial charge is 0.305 e. The molecule has 2 rings (SSSR count). The lowest BCUT2D eigenvalue weighted by atomic mass is 10.0. The van der Waals surface area contributed by atoms with Crippen molar-refractivity contribution < 1.29 is 19.1 Å². The van der Waals surface area contributed by atoms with E-state index in [1.807, 2.05) is 18.2 Å². The summed E-state index contributed by atoms with van der Waals surface area (Å²) in [5.41, 5.74) is 1.90. The van der Waals surface area contributed by atoms with Crippen LogP contribution in [0.25, 0.3) is 0 Å². The van der Waals surface area contributed by atoms with Crippen molar-refractivity contribution in [2.24, 2.45) is 0 Å². The number of benzene rings is 1. The lowest BCUT2D eigenvalue weighted by molar-refractivity contribution is -0.143. The molecule has 1 aromatic carbocycles. The third-order valence-corrected chi connectivity index (χ3v) is 3.35. The molecule has 0 fully saturated rings. The van der Waals surface area contributed by atoms with Gasteiger partial charge in [0, 0.05) is 24.1 Å². The fourth-order valence-electron chi connectivity index (χ4n) is 2.31. The molecule has 1 amide bonds. The fourth-order valence-corrected chi connectivity index (χ4v) is 2.31. The van der Waals surface area contributed by atoms with Gasteiger partial charge in [-0.15, -0.1) is 0 Å². The number of ether oxygens (including phenoxy) is 2. The van der Waals surface area contributed by atoms with Gasteiger partial charge in [-0.25, -0.2) is 0 Å². The lowest BCUT2D eigenvalue weighted by Gasteiger charge is -2.20. The first-order chi connectivity index (χ1) is 10.2. The zero-order valence-electron chi connectivity index (χ0n) is 12.3. The number of rotatable bonds is 7. The van der Waals surface area contributed by atoms with Gasteiger partial charge in [0.2, 0.25) is 5.91 Å². The van der Waals surface area contributed by atoms with Crippen molar-refractivity contribution >= 4 is 17.6 Å². The Morgan fingerprint density at radius 2 is 2.14 bits per heavy atom. The summed E-state index contributed by atoms with van der Waals surface area (Å²) in [6, 6.07) is 5.68. The van der Waals surface area contributed by atoms with Crippen LogP contribution >= 0.6 is 0 Å². The van der Waals surface area contributed by atoms with E-state index in [1.165, 1.54) is 0 Å². The molecule has 0 aliphatic carbocycles. The van der Waals surface area contributed by atoms with Gasteiger partial charge in [-0.3, -0.25) is 9.59 Å². The Kier molecular flexibility index (Phi) is 5.60. The molecule has 0 aromatic heterocycles. The summed E-state index contributed by atoms with van der Waals surface area (Å²) < 4.78 is 10.6. The van der Waals surface area contributed by atoms with Crippen molar-refractivity contribution in [3.8, 4) is 5.75 Å². The summed E-state index contributed by atoms with van der Waals surface area (Å²) in [4.78, 5) is 22.6. The average molecular weight is 291 g/mol. The summed E-state index contributed by atoms with van der Waals surface area (Å²) in [6.45, 7) is 2.79. The molecule has 1 aromatic rings. The van der Waals surface area contributed by atoms with E-state index in [9.17, 15) is 9.59 Å². The highest BCUT2D eigenvalue weighted by Crippen LogP contribution is 2.31.